The van der Waals surface area contributed by atoms with E-state index in [4.69, 9.17) is 16.3 Å². The van der Waals surface area contributed by atoms with Crippen LogP contribution in [0.15, 0.2) is 53.4 Å². The normalized spacial score (nSPS) is 19.7. The molecule has 2 aromatic carbocycles. The summed E-state index contributed by atoms with van der Waals surface area (Å²) in [5.74, 6) is 0.199. The van der Waals surface area contributed by atoms with Crippen LogP contribution in [0.3, 0.4) is 0 Å². The van der Waals surface area contributed by atoms with Crippen molar-refractivity contribution in [2.45, 2.75) is 49.1 Å². The minimum Gasteiger partial charge on any atom is -0.476 e. The van der Waals surface area contributed by atoms with Gasteiger partial charge in [-0.1, -0.05) is 43.0 Å². The van der Waals surface area contributed by atoms with Gasteiger partial charge >= 0.3 is 0 Å². The number of hydrogen-bond acceptors (Lipinski definition) is 4. The van der Waals surface area contributed by atoms with Crippen LogP contribution in [0, 0.1) is 0 Å². The first kappa shape index (κ1) is 21.0. The molecule has 0 bridgehead atoms. The smallest absolute Gasteiger partial charge is 0.265 e. The lowest BCUT2D eigenvalue weighted by Gasteiger charge is -2.38. The highest BCUT2D eigenvalue weighted by molar-refractivity contribution is 7.92. The summed E-state index contributed by atoms with van der Waals surface area (Å²) in [6.45, 7) is -0.0716. The van der Waals surface area contributed by atoms with Crippen molar-refractivity contribution in [2.24, 2.45) is 0 Å². The number of rotatable bonds is 4. The largest absolute Gasteiger partial charge is 0.476 e. The standard InChI is InChI=1S/C22H25ClN2O4S/c1-24(17-7-3-2-4-8-17)22(26)21-15-25(19-9-5-6-10-20(19)29-21)30(27,28)18-13-11-16(23)12-14-18/h5-6,9-14,17,21H,2-4,7-8,15H2,1H3/t21-/m0/s1. The van der Waals surface area contributed by atoms with E-state index in [9.17, 15) is 13.2 Å². The predicted octanol–water partition coefficient (Wildman–Crippen LogP) is 4.09. The van der Waals surface area contributed by atoms with Crippen LogP contribution in [0.2, 0.25) is 5.02 Å². The molecule has 0 aromatic heterocycles. The molecule has 0 saturated heterocycles. The molecule has 1 heterocycles. The van der Waals surface area contributed by atoms with Crippen LogP contribution in [-0.2, 0) is 14.8 Å². The first-order valence-corrected chi connectivity index (χ1v) is 12.0. The molecule has 30 heavy (non-hydrogen) atoms. The van der Waals surface area contributed by atoms with Crippen LogP contribution in [0.1, 0.15) is 32.1 Å². The van der Waals surface area contributed by atoms with Crippen LogP contribution in [-0.4, -0.2) is 45.0 Å². The molecule has 4 rings (SSSR count). The average molecular weight is 449 g/mol. The predicted molar refractivity (Wildman–Crippen MR) is 116 cm³/mol. The number of amides is 1. The van der Waals surface area contributed by atoms with Crippen molar-refractivity contribution in [3.8, 4) is 5.75 Å². The van der Waals surface area contributed by atoms with Crippen LogP contribution in [0.5, 0.6) is 5.75 Å². The molecular weight excluding hydrogens is 424 g/mol. The number of ether oxygens (including phenoxy) is 1. The Bertz CT molecular complexity index is 1020. The van der Waals surface area contributed by atoms with Gasteiger partial charge in [0.2, 0.25) is 0 Å². The Kier molecular flexibility index (Phi) is 5.93. The van der Waals surface area contributed by atoms with Crippen molar-refractivity contribution in [3.63, 3.8) is 0 Å². The van der Waals surface area contributed by atoms with E-state index < -0.39 is 16.1 Å². The number of anilines is 1. The van der Waals surface area contributed by atoms with E-state index >= 15 is 0 Å². The molecule has 160 valence electrons. The minimum absolute atomic E-state index is 0.0716. The summed E-state index contributed by atoms with van der Waals surface area (Å²) in [6, 6.07) is 13.1. The van der Waals surface area contributed by atoms with Gasteiger partial charge in [-0.3, -0.25) is 9.10 Å². The molecule has 2 aliphatic rings. The van der Waals surface area contributed by atoms with Crippen molar-refractivity contribution in [1.82, 2.24) is 4.90 Å². The average Bonchev–Trinajstić information content (AvgIpc) is 2.78. The van der Waals surface area contributed by atoms with Crippen LogP contribution < -0.4 is 9.04 Å². The number of halogens is 1. The fourth-order valence-electron chi connectivity index (χ4n) is 4.17. The number of para-hydroxylation sites is 2. The summed E-state index contributed by atoms with van der Waals surface area (Å²) in [4.78, 5) is 15.1. The van der Waals surface area contributed by atoms with Gasteiger partial charge < -0.3 is 9.64 Å². The molecule has 0 unspecified atom stereocenters. The molecule has 2 aromatic rings. The summed E-state index contributed by atoms with van der Waals surface area (Å²) in [5.41, 5.74) is 0.428. The maximum absolute atomic E-state index is 13.4. The number of nitrogens with zero attached hydrogens (tertiary/aromatic N) is 2. The van der Waals surface area contributed by atoms with Crippen molar-refractivity contribution >= 4 is 33.2 Å². The summed E-state index contributed by atoms with van der Waals surface area (Å²) in [7, 11) is -2.09. The lowest BCUT2D eigenvalue weighted by atomic mass is 9.94. The summed E-state index contributed by atoms with van der Waals surface area (Å²) < 4.78 is 34.0. The quantitative estimate of drug-likeness (QED) is 0.706. The molecule has 1 atom stereocenters. The van der Waals surface area contributed by atoms with Gasteiger partial charge in [0.15, 0.2) is 6.10 Å². The van der Waals surface area contributed by atoms with Gasteiger partial charge in [-0.15, -0.1) is 0 Å². The van der Waals surface area contributed by atoms with Gasteiger partial charge in [0, 0.05) is 18.1 Å². The molecule has 6 nitrogen and oxygen atoms in total. The molecule has 8 heteroatoms. The van der Waals surface area contributed by atoms with Crippen molar-refractivity contribution in [1.29, 1.82) is 0 Å². The fraction of sp³-hybridized carbons (Fsp3) is 0.409. The highest BCUT2D eigenvalue weighted by Gasteiger charge is 2.39. The number of benzene rings is 2. The number of carbonyl (C=O) groups excluding carboxylic acids is 1. The molecular formula is C22H25ClN2O4S. The van der Waals surface area contributed by atoms with E-state index in [1.165, 1.54) is 22.9 Å². The van der Waals surface area contributed by atoms with Crippen molar-refractivity contribution in [2.75, 3.05) is 17.9 Å². The van der Waals surface area contributed by atoms with Gasteiger partial charge in [-0.05, 0) is 49.2 Å². The van der Waals surface area contributed by atoms with E-state index in [0.717, 1.165) is 25.7 Å². The maximum Gasteiger partial charge on any atom is 0.265 e. The molecule has 1 amide bonds. The Morgan fingerprint density at radius 3 is 2.43 bits per heavy atom. The lowest BCUT2D eigenvalue weighted by molar-refractivity contribution is -0.139. The summed E-state index contributed by atoms with van der Waals surface area (Å²) in [5, 5.41) is 0.457. The summed E-state index contributed by atoms with van der Waals surface area (Å²) >= 11 is 5.92. The van der Waals surface area contributed by atoms with E-state index in [2.05, 4.69) is 0 Å². The Morgan fingerprint density at radius 2 is 1.73 bits per heavy atom. The maximum atomic E-state index is 13.4. The van der Waals surface area contributed by atoms with Gasteiger partial charge in [-0.2, -0.15) is 0 Å². The van der Waals surface area contributed by atoms with Crippen molar-refractivity contribution < 1.29 is 17.9 Å². The van der Waals surface area contributed by atoms with Crippen LogP contribution >= 0.6 is 11.6 Å². The fourth-order valence-corrected chi connectivity index (χ4v) is 5.77. The molecule has 1 fully saturated rings. The zero-order chi connectivity index (χ0) is 21.3. The number of fused-ring (bicyclic) bond motifs is 1. The number of likely N-dealkylation sites (N-methyl/N-ethyl adjacent to an activating group) is 1. The highest BCUT2D eigenvalue weighted by atomic mass is 35.5. The van der Waals surface area contributed by atoms with Crippen LogP contribution in [0.25, 0.3) is 0 Å². The Morgan fingerprint density at radius 1 is 1.07 bits per heavy atom. The van der Waals surface area contributed by atoms with Gasteiger partial charge in [0.05, 0.1) is 17.1 Å². The van der Waals surface area contributed by atoms with Crippen molar-refractivity contribution in [3.05, 3.63) is 53.6 Å². The third-order valence-corrected chi connectivity index (χ3v) is 7.93. The second-order valence-corrected chi connectivity index (χ2v) is 10.1. The van der Waals surface area contributed by atoms with Gasteiger partial charge in [-0.25, -0.2) is 8.42 Å². The Hall–Kier alpha value is -2.25. The van der Waals surface area contributed by atoms with Gasteiger partial charge in [0.25, 0.3) is 15.9 Å². The third kappa shape index (κ3) is 4.01. The van der Waals surface area contributed by atoms with Gasteiger partial charge in [0.1, 0.15) is 5.75 Å². The van der Waals surface area contributed by atoms with E-state index in [1.54, 1.807) is 48.3 Å². The second kappa shape index (κ2) is 8.47. The second-order valence-electron chi connectivity index (χ2n) is 7.81. The van der Waals surface area contributed by atoms with E-state index in [0.29, 0.717) is 16.5 Å². The Balaban J connectivity index is 1.65. The number of carbonyl (C=O) groups is 1. The zero-order valence-corrected chi connectivity index (χ0v) is 18.4. The van der Waals surface area contributed by atoms with Crippen LogP contribution in [0.4, 0.5) is 5.69 Å². The number of hydrogen-bond donors (Lipinski definition) is 0. The first-order chi connectivity index (χ1) is 14.4. The number of sulfonamides is 1. The van der Waals surface area contributed by atoms with E-state index in [1.807, 2.05) is 0 Å². The molecule has 1 saturated carbocycles. The zero-order valence-electron chi connectivity index (χ0n) is 16.8. The third-order valence-electron chi connectivity index (χ3n) is 5.88. The highest BCUT2D eigenvalue weighted by Crippen LogP contribution is 2.37. The van der Waals surface area contributed by atoms with E-state index in [-0.39, 0.29) is 23.4 Å². The molecule has 0 N–H and O–H groups in total. The first-order valence-electron chi connectivity index (χ1n) is 10.2. The molecule has 0 radical (unpaired) electrons. The molecule has 0 spiro atoms. The summed E-state index contributed by atoms with van der Waals surface area (Å²) in [6.07, 6.45) is 4.45. The molecule has 1 aliphatic carbocycles. The minimum atomic E-state index is -3.89. The monoisotopic (exact) mass is 448 g/mol. The molecule has 1 aliphatic heterocycles. The Labute approximate surface area is 182 Å². The lowest BCUT2D eigenvalue weighted by Crippen LogP contribution is -2.53. The SMILES string of the molecule is CN(C(=O)[C@@H]1CN(S(=O)(=O)c2ccc(Cl)cc2)c2ccccc2O1)C1CCCCC1. The topological polar surface area (TPSA) is 66.9 Å².